The van der Waals surface area contributed by atoms with Crippen molar-refractivity contribution >= 4 is 0 Å². The first kappa shape index (κ1) is 14.0. The normalized spacial score (nSPS) is 21.1. The zero-order valence-electron chi connectivity index (χ0n) is 8.95. The van der Waals surface area contributed by atoms with E-state index < -0.39 is 0 Å². The summed E-state index contributed by atoms with van der Waals surface area (Å²) >= 11 is 0. The Balaban J connectivity index is 0.00000169. The number of hydrogen-bond donors (Lipinski definition) is 1. The molecule has 1 fully saturated rings. The largest absolute Gasteiger partial charge is 1.00 e. The number of nitrogens with one attached hydrogen (secondary N) is 1. The third-order valence-electron chi connectivity index (χ3n) is 2.89. The van der Waals surface area contributed by atoms with Crippen molar-refractivity contribution in [3.8, 4) is 0 Å². The van der Waals surface area contributed by atoms with Crippen LogP contribution in [-0.4, -0.2) is 10.5 Å². The summed E-state index contributed by atoms with van der Waals surface area (Å²) in [6, 6.07) is 0. The molecule has 0 aromatic carbocycles. The third-order valence-corrected chi connectivity index (χ3v) is 2.89. The molecule has 0 bridgehead atoms. The van der Waals surface area contributed by atoms with Gasteiger partial charge in [0.2, 0.25) is 0 Å². The van der Waals surface area contributed by atoms with Crippen LogP contribution in [0.2, 0.25) is 0 Å². The zero-order chi connectivity index (χ0) is 9.73. The molecule has 14 heavy (non-hydrogen) atoms. The molecule has 0 atom stereocenters. The Morgan fingerprint density at radius 1 is 1.36 bits per heavy atom. The fourth-order valence-corrected chi connectivity index (χ4v) is 2.00. The molecule has 1 aliphatic rings. The number of hydrogen-bond acceptors (Lipinski definition) is 3. The number of nitrogens with zero attached hydrogens (tertiary/aromatic N) is 2. The van der Waals surface area contributed by atoms with Crippen molar-refractivity contribution in [2.24, 2.45) is 5.28 Å². The minimum atomic E-state index is -0.187. The van der Waals surface area contributed by atoms with E-state index in [0.717, 1.165) is 32.1 Å². The van der Waals surface area contributed by atoms with Crippen LogP contribution in [-0.2, 0) is 0 Å². The molecular formula is C8H16N3NaO2. The maximum atomic E-state index is 10.8. The van der Waals surface area contributed by atoms with Gasteiger partial charge in [-0.15, -0.1) is 0 Å². The molecule has 1 saturated carbocycles. The molecule has 0 saturated heterocycles. The molecule has 1 rings (SSSR count). The van der Waals surface area contributed by atoms with Crippen molar-refractivity contribution < 1.29 is 34.5 Å². The van der Waals surface area contributed by atoms with Crippen molar-refractivity contribution in [2.75, 3.05) is 0 Å². The minimum Gasteiger partial charge on any atom is -0.737 e. The molecule has 0 spiro atoms. The maximum Gasteiger partial charge on any atom is 1.00 e. The van der Waals surface area contributed by atoms with Crippen molar-refractivity contribution in [3.63, 3.8) is 0 Å². The molecule has 0 unspecified atom stereocenters. The van der Waals surface area contributed by atoms with Gasteiger partial charge in [0.1, 0.15) is 0 Å². The van der Waals surface area contributed by atoms with Gasteiger partial charge in [-0.2, -0.15) is 5.43 Å². The van der Waals surface area contributed by atoms with Crippen LogP contribution in [0.1, 0.15) is 45.4 Å². The SMILES string of the molecule is CCC1(N/[N+]([O-])=N\[O-])CCCCC1.[Na+]. The van der Waals surface area contributed by atoms with E-state index in [0.29, 0.717) is 0 Å². The van der Waals surface area contributed by atoms with Crippen molar-refractivity contribution in [3.05, 3.63) is 10.4 Å². The van der Waals surface area contributed by atoms with Crippen LogP contribution >= 0.6 is 0 Å². The molecule has 0 heterocycles. The fraction of sp³-hybridized carbons (Fsp3) is 1.00. The van der Waals surface area contributed by atoms with Crippen molar-refractivity contribution in [1.29, 1.82) is 0 Å². The van der Waals surface area contributed by atoms with Gasteiger partial charge in [-0.1, -0.05) is 26.2 Å². The Morgan fingerprint density at radius 3 is 2.36 bits per heavy atom. The average molecular weight is 209 g/mol. The van der Waals surface area contributed by atoms with E-state index in [1.807, 2.05) is 6.92 Å². The van der Waals surface area contributed by atoms with E-state index in [1.54, 1.807) is 0 Å². The van der Waals surface area contributed by atoms with Crippen LogP contribution < -0.4 is 35.0 Å². The quantitative estimate of drug-likeness (QED) is 0.282. The number of rotatable bonds is 3. The molecule has 76 valence electrons. The molecule has 0 radical (unpaired) electrons. The van der Waals surface area contributed by atoms with E-state index in [-0.39, 0.29) is 40.1 Å². The summed E-state index contributed by atoms with van der Waals surface area (Å²) in [5.41, 5.74) is 2.44. The van der Waals surface area contributed by atoms with Crippen molar-refractivity contribution in [2.45, 2.75) is 51.0 Å². The van der Waals surface area contributed by atoms with Crippen LogP contribution in [0, 0.1) is 10.4 Å². The Morgan fingerprint density at radius 2 is 1.93 bits per heavy atom. The summed E-state index contributed by atoms with van der Waals surface area (Å²) in [7, 11) is 0. The van der Waals surface area contributed by atoms with Gasteiger partial charge in [-0.05, 0) is 24.5 Å². The fourth-order valence-electron chi connectivity index (χ4n) is 2.00. The first-order valence-electron chi connectivity index (χ1n) is 4.81. The Hall–Kier alpha value is 0. The van der Waals surface area contributed by atoms with Gasteiger partial charge >= 0.3 is 29.6 Å². The van der Waals surface area contributed by atoms with Gasteiger partial charge in [-0.25, -0.2) is 0 Å². The second-order valence-corrected chi connectivity index (χ2v) is 3.66. The minimum absolute atomic E-state index is 0. The van der Waals surface area contributed by atoms with E-state index in [9.17, 15) is 10.4 Å². The summed E-state index contributed by atoms with van der Waals surface area (Å²) in [4.78, 5) is 0.0504. The van der Waals surface area contributed by atoms with Crippen LogP contribution in [0.15, 0.2) is 5.28 Å². The first-order valence-corrected chi connectivity index (χ1v) is 4.81. The van der Waals surface area contributed by atoms with Gasteiger partial charge in [0, 0.05) is 4.97 Å². The van der Waals surface area contributed by atoms with E-state index >= 15 is 0 Å². The average Bonchev–Trinajstić information content (AvgIpc) is 2.19. The van der Waals surface area contributed by atoms with Gasteiger partial charge in [0.15, 0.2) is 0 Å². The van der Waals surface area contributed by atoms with E-state index in [1.165, 1.54) is 6.42 Å². The molecule has 0 aromatic heterocycles. The molecule has 0 amide bonds. The summed E-state index contributed by atoms with van der Waals surface area (Å²) in [5, 5.41) is 23.0. The third kappa shape index (κ3) is 3.63. The zero-order valence-corrected chi connectivity index (χ0v) is 11.0. The Labute approximate surface area is 106 Å². The molecule has 1 N–H and O–H groups in total. The van der Waals surface area contributed by atoms with Gasteiger partial charge in [0.25, 0.3) is 0 Å². The number of hydrazine groups is 1. The first-order chi connectivity index (χ1) is 6.22. The summed E-state index contributed by atoms with van der Waals surface area (Å²) in [5.74, 6) is 0. The van der Waals surface area contributed by atoms with Crippen LogP contribution in [0.4, 0.5) is 0 Å². The molecule has 1 aliphatic carbocycles. The summed E-state index contributed by atoms with van der Waals surface area (Å²) < 4.78 is 0. The van der Waals surface area contributed by atoms with E-state index in [2.05, 4.69) is 10.7 Å². The van der Waals surface area contributed by atoms with Crippen LogP contribution in [0.25, 0.3) is 0 Å². The Kier molecular flexibility index (Phi) is 6.48. The Bertz CT molecular complexity index is 193. The molecule has 6 heteroatoms. The monoisotopic (exact) mass is 209 g/mol. The molecule has 0 aromatic rings. The predicted molar refractivity (Wildman–Crippen MR) is 48.7 cm³/mol. The summed E-state index contributed by atoms with van der Waals surface area (Å²) in [6.07, 6.45) is 6.23. The second kappa shape index (κ2) is 6.48. The molecule has 0 aliphatic heterocycles. The van der Waals surface area contributed by atoms with Gasteiger partial charge in [-0.3, -0.25) is 0 Å². The van der Waals surface area contributed by atoms with Crippen LogP contribution in [0.3, 0.4) is 0 Å². The maximum absolute atomic E-state index is 10.8. The smallest absolute Gasteiger partial charge is 0.737 e. The second-order valence-electron chi connectivity index (χ2n) is 3.66. The van der Waals surface area contributed by atoms with Gasteiger partial charge in [0.05, 0.1) is 5.54 Å². The molecule has 5 nitrogen and oxygen atoms in total. The van der Waals surface area contributed by atoms with Crippen molar-refractivity contribution in [1.82, 2.24) is 5.43 Å². The van der Waals surface area contributed by atoms with E-state index in [4.69, 9.17) is 0 Å². The predicted octanol–water partition coefficient (Wildman–Crippen LogP) is -0.932. The topological polar surface area (TPSA) is 73.5 Å². The van der Waals surface area contributed by atoms with Crippen LogP contribution in [0.5, 0.6) is 0 Å². The summed E-state index contributed by atoms with van der Waals surface area (Å²) in [6.45, 7) is 2.02. The van der Waals surface area contributed by atoms with Gasteiger partial charge < -0.3 is 10.4 Å². The standard InChI is InChI=1S/C8H17N3O2.Na/c1-2-8(9-11(13)10-12)6-4-3-5-7-8;/h12H,2-7H2,1H3,(H,9,10);/q;+1/p-1. The molecular weight excluding hydrogens is 193 g/mol.